The molecule has 8 nitrogen and oxygen atoms in total. The summed E-state index contributed by atoms with van der Waals surface area (Å²) in [7, 11) is 6.08. The highest BCUT2D eigenvalue weighted by Gasteiger charge is 2.30. The molecule has 0 saturated carbocycles. The molecule has 0 bridgehead atoms. The van der Waals surface area contributed by atoms with Crippen LogP contribution in [-0.4, -0.2) is 58.2 Å². The van der Waals surface area contributed by atoms with Crippen molar-refractivity contribution in [2.45, 2.75) is 18.9 Å². The van der Waals surface area contributed by atoms with Crippen LogP contribution < -0.4 is 24.3 Å². The highest BCUT2D eigenvalue weighted by molar-refractivity contribution is 5.97. The van der Waals surface area contributed by atoms with E-state index in [-0.39, 0.29) is 18.5 Å². The first-order valence-corrected chi connectivity index (χ1v) is 10.0. The van der Waals surface area contributed by atoms with Gasteiger partial charge in [-0.25, -0.2) is 0 Å². The number of likely N-dealkylation sites (tertiary alicyclic amines) is 1. The molecule has 1 aliphatic rings. The molecule has 0 radical (unpaired) electrons. The van der Waals surface area contributed by atoms with E-state index in [2.05, 4.69) is 5.32 Å². The molecule has 31 heavy (non-hydrogen) atoms. The van der Waals surface area contributed by atoms with Gasteiger partial charge in [-0.1, -0.05) is 12.1 Å². The average Bonchev–Trinajstić information content (AvgIpc) is 3.31. The van der Waals surface area contributed by atoms with Gasteiger partial charge >= 0.3 is 0 Å². The molecule has 0 aliphatic carbocycles. The summed E-state index contributed by atoms with van der Waals surface area (Å²) in [4.78, 5) is 27.3. The molecule has 1 saturated heterocycles. The molecule has 2 aromatic rings. The van der Waals surface area contributed by atoms with E-state index in [9.17, 15) is 9.59 Å². The summed E-state index contributed by atoms with van der Waals surface area (Å²) in [6.45, 7) is 0.567. The van der Waals surface area contributed by atoms with Gasteiger partial charge in [-0.3, -0.25) is 9.59 Å². The minimum atomic E-state index is -0.396. The summed E-state index contributed by atoms with van der Waals surface area (Å²) in [5.41, 5.74) is 1.37. The zero-order valence-corrected chi connectivity index (χ0v) is 18.3. The van der Waals surface area contributed by atoms with Crippen molar-refractivity contribution in [2.24, 2.45) is 0 Å². The second-order valence-corrected chi connectivity index (χ2v) is 7.12. The van der Waals surface area contributed by atoms with E-state index in [4.69, 9.17) is 18.9 Å². The highest BCUT2D eigenvalue weighted by Crippen LogP contribution is 2.38. The minimum Gasteiger partial charge on any atom is -0.497 e. The molecule has 1 N–H and O–H groups in total. The molecule has 2 aromatic carbocycles. The molecule has 0 aromatic heterocycles. The lowest BCUT2D eigenvalue weighted by Gasteiger charge is -2.25. The Bertz CT molecular complexity index is 903. The Kier molecular flexibility index (Phi) is 7.23. The largest absolute Gasteiger partial charge is 0.497 e. The first kappa shape index (κ1) is 22.3. The summed E-state index contributed by atoms with van der Waals surface area (Å²) in [5.74, 6) is 1.40. The van der Waals surface area contributed by atoms with Gasteiger partial charge in [0, 0.05) is 12.1 Å². The second-order valence-electron chi connectivity index (χ2n) is 7.12. The van der Waals surface area contributed by atoms with Gasteiger partial charge in [0.05, 0.1) is 41.0 Å². The van der Waals surface area contributed by atoms with Gasteiger partial charge in [0.25, 0.3) is 5.91 Å². The predicted molar refractivity (Wildman–Crippen MR) is 115 cm³/mol. The first-order valence-electron chi connectivity index (χ1n) is 10.0. The molecule has 1 atom stereocenters. The minimum absolute atomic E-state index is 0.00326. The molecule has 1 unspecified atom stereocenters. The highest BCUT2D eigenvalue weighted by atomic mass is 16.5. The van der Waals surface area contributed by atoms with Crippen LogP contribution >= 0.6 is 0 Å². The van der Waals surface area contributed by atoms with Crippen molar-refractivity contribution in [3.8, 4) is 23.0 Å². The number of nitrogens with zero attached hydrogens (tertiary/aromatic N) is 1. The van der Waals surface area contributed by atoms with Crippen LogP contribution in [0.15, 0.2) is 36.4 Å². The standard InChI is InChI=1S/C23H28N2O6/c1-28-17-9-7-15(8-10-17)18-6-5-11-25(18)21(26)14-24-23(27)16-12-19(29-2)22(31-4)20(13-16)30-3/h7-10,12-13,18H,5-6,11,14H2,1-4H3,(H,24,27). The number of hydrogen-bond donors (Lipinski definition) is 1. The van der Waals surface area contributed by atoms with Gasteiger partial charge in [-0.05, 0) is 42.7 Å². The number of carbonyl (C=O) groups is 2. The molecule has 8 heteroatoms. The molecular weight excluding hydrogens is 400 g/mol. The molecule has 166 valence electrons. The van der Waals surface area contributed by atoms with Crippen LogP contribution in [0.3, 0.4) is 0 Å². The van der Waals surface area contributed by atoms with Gasteiger partial charge in [-0.15, -0.1) is 0 Å². The maximum Gasteiger partial charge on any atom is 0.251 e. The Balaban J connectivity index is 1.67. The second kappa shape index (κ2) is 10.1. The van der Waals surface area contributed by atoms with E-state index in [0.717, 1.165) is 24.2 Å². The van der Waals surface area contributed by atoms with Gasteiger partial charge in [-0.2, -0.15) is 0 Å². The van der Waals surface area contributed by atoms with E-state index in [1.165, 1.54) is 21.3 Å². The smallest absolute Gasteiger partial charge is 0.251 e. The number of rotatable bonds is 8. The van der Waals surface area contributed by atoms with Crippen LogP contribution in [0.5, 0.6) is 23.0 Å². The lowest BCUT2D eigenvalue weighted by Crippen LogP contribution is -2.39. The van der Waals surface area contributed by atoms with E-state index in [0.29, 0.717) is 29.4 Å². The number of amides is 2. The van der Waals surface area contributed by atoms with E-state index < -0.39 is 5.91 Å². The van der Waals surface area contributed by atoms with Crippen LogP contribution in [0, 0.1) is 0 Å². The normalized spacial score (nSPS) is 15.4. The number of carbonyl (C=O) groups excluding carboxylic acids is 2. The van der Waals surface area contributed by atoms with Crippen LogP contribution in [-0.2, 0) is 4.79 Å². The van der Waals surface area contributed by atoms with Crippen molar-refractivity contribution >= 4 is 11.8 Å². The third kappa shape index (κ3) is 4.84. The fourth-order valence-corrected chi connectivity index (χ4v) is 3.81. The van der Waals surface area contributed by atoms with Crippen molar-refractivity contribution in [1.82, 2.24) is 10.2 Å². The van der Waals surface area contributed by atoms with Crippen LogP contribution in [0.4, 0.5) is 0 Å². The number of hydrogen-bond acceptors (Lipinski definition) is 6. The Morgan fingerprint density at radius 2 is 1.61 bits per heavy atom. The summed E-state index contributed by atoms with van der Waals surface area (Å²) in [5, 5.41) is 2.70. The van der Waals surface area contributed by atoms with E-state index in [1.807, 2.05) is 29.2 Å². The predicted octanol–water partition coefficient (Wildman–Crippen LogP) is 2.81. The summed E-state index contributed by atoms with van der Waals surface area (Å²) < 4.78 is 21.1. The fourth-order valence-electron chi connectivity index (χ4n) is 3.81. The van der Waals surface area contributed by atoms with Crippen molar-refractivity contribution < 1.29 is 28.5 Å². The molecular formula is C23H28N2O6. The van der Waals surface area contributed by atoms with E-state index >= 15 is 0 Å². The summed E-state index contributed by atoms with van der Waals surface area (Å²) in [6, 6.07) is 10.8. The van der Waals surface area contributed by atoms with Crippen LogP contribution in [0.25, 0.3) is 0 Å². The molecule has 1 aliphatic heterocycles. The molecule has 1 heterocycles. The Morgan fingerprint density at radius 1 is 0.968 bits per heavy atom. The number of methoxy groups -OCH3 is 4. The Hall–Kier alpha value is -3.42. The quantitative estimate of drug-likeness (QED) is 0.696. The zero-order valence-electron chi connectivity index (χ0n) is 18.3. The number of nitrogens with one attached hydrogen (secondary N) is 1. The molecule has 0 spiro atoms. The lowest BCUT2D eigenvalue weighted by atomic mass is 10.0. The van der Waals surface area contributed by atoms with Crippen molar-refractivity contribution in [3.63, 3.8) is 0 Å². The average molecular weight is 428 g/mol. The van der Waals surface area contributed by atoms with Gasteiger partial charge in [0.2, 0.25) is 11.7 Å². The molecule has 1 fully saturated rings. The first-order chi connectivity index (χ1) is 15.0. The van der Waals surface area contributed by atoms with Crippen molar-refractivity contribution in [2.75, 3.05) is 41.5 Å². The van der Waals surface area contributed by atoms with Gasteiger partial charge in [0.15, 0.2) is 11.5 Å². The Labute approximate surface area is 182 Å². The lowest BCUT2D eigenvalue weighted by molar-refractivity contribution is -0.131. The third-order valence-electron chi connectivity index (χ3n) is 5.40. The summed E-state index contributed by atoms with van der Waals surface area (Å²) >= 11 is 0. The SMILES string of the molecule is COc1ccc(C2CCCN2C(=O)CNC(=O)c2cc(OC)c(OC)c(OC)c2)cc1. The van der Waals surface area contributed by atoms with E-state index in [1.54, 1.807) is 19.2 Å². The van der Waals surface area contributed by atoms with Crippen LogP contribution in [0.2, 0.25) is 0 Å². The van der Waals surface area contributed by atoms with Crippen LogP contribution in [0.1, 0.15) is 34.8 Å². The molecule has 3 rings (SSSR count). The van der Waals surface area contributed by atoms with Crippen molar-refractivity contribution in [3.05, 3.63) is 47.5 Å². The summed E-state index contributed by atoms with van der Waals surface area (Å²) in [6.07, 6.45) is 1.81. The number of ether oxygens (including phenoxy) is 4. The maximum absolute atomic E-state index is 12.9. The van der Waals surface area contributed by atoms with Gasteiger partial charge < -0.3 is 29.2 Å². The number of benzene rings is 2. The topological polar surface area (TPSA) is 86.3 Å². The fraction of sp³-hybridized carbons (Fsp3) is 0.391. The third-order valence-corrected chi connectivity index (χ3v) is 5.40. The zero-order chi connectivity index (χ0) is 22.4. The Morgan fingerprint density at radius 3 is 2.16 bits per heavy atom. The maximum atomic E-state index is 12.9. The van der Waals surface area contributed by atoms with Crippen molar-refractivity contribution in [1.29, 1.82) is 0 Å². The molecule has 2 amide bonds. The monoisotopic (exact) mass is 428 g/mol. The van der Waals surface area contributed by atoms with Gasteiger partial charge in [0.1, 0.15) is 5.75 Å².